The topological polar surface area (TPSA) is 0 Å². The summed E-state index contributed by atoms with van der Waals surface area (Å²) in [5.74, 6) is 4.85. The molecule has 0 aliphatic heterocycles. The molecule has 4 atom stereocenters. The molecule has 3 aliphatic rings. The van der Waals surface area contributed by atoms with Crippen LogP contribution in [0.5, 0.6) is 0 Å². The molecule has 0 radical (unpaired) electrons. The van der Waals surface area contributed by atoms with Crippen LogP contribution in [0.4, 0.5) is 0 Å². The molecule has 164 valence electrons. The van der Waals surface area contributed by atoms with Gasteiger partial charge in [-0.1, -0.05) is 84.8 Å². The van der Waals surface area contributed by atoms with Gasteiger partial charge in [-0.3, -0.25) is 0 Å². The standard InChI is InChI=1S/C26H46.C2H6/c1-6-7-12-23-19(2)17-18-26(4,5)20(3)24-15-13-22(14-16-25(23)24)21-10-8-9-11-21;1-2/h20-22,24-25H,6-18H2,1-5H3;1-2H3/b23-19-;. The van der Waals surface area contributed by atoms with Crippen molar-refractivity contribution in [2.75, 3.05) is 0 Å². The molecule has 0 bridgehead atoms. The Kier molecular flexibility index (Phi) is 9.62. The van der Waals surface area contributed by atoms with Crippen LogP contribution in [-0.4, -0.2) is 0 Å². The summed E-state index contributed by atoms with van der Waals surface area (Å²) in [5.41, 5.74) is 4.22. The Hall–Kier alpha value is -0.260. The molecule has 0 heteroatoms. The van der Waals surface area contributed by atoms with Gasteiger partial charge >= 0.3 is 0 Å². The summed E-state index contributed by atoms with van der Waals surface area (Å²) in [4.78, 5) is 0. The van der Waals surface area contributed by atoms with E-state index < -0.39 is 0 Å². The second kappa shape index (κ2) is 11.2. The SMILES string of the molecule is CC.CCCC/C1=C(\C)CCC(C)(C)C(C)C2CCC(C3CCCC3)CCC12. The second-order valence-corrected chi connectivity index (χ2v) is 10.9. The van der Waals surface area contributed by atoms with Crippen molar-refractivity contribution in [3.63, 3.8) is 0 Å². The predicted molar refractivity (Wildman–Crippen MR) is 127 cm³/mol. The molecule has 0 aromatic rings. The van der Waals surface area contributed by atoms with Gasteiger partial charge in [0.25, 0.3) is 0 Å². The van der Waals surface area contributed by atoms with E-state index in [2.05, 4.69) is 34.6 Å². The minimum absolute atomic E-state index is 0.508. The second-order valence-electron chi connectivity index (χ2n) is 10.9. The van der Waals surface area contributed by atoms with E-state index in [1.54, 1.807) is 18.4 Å². The molecule has 2 fully saturated rings. The van der Waals surface area contributed by atoms with Crippen LogP contribution < -0.4 is 0 Å². The number of unbranched alkanes of at least 4 members (excludes halogenated alkanes) is 1. The molecule has 0 spiro atoms. The molecule has 0 nitrogen and oxygen atoms in total. The van der Waals surface area contributed by atoms with Crippen molar-refractivity contribution in [2.24, 2.45) is 35.0 Å². The fourth-order valence-electron chi connectivity index (χ4n) is 6.85. The van der Waals surface area contributed by atoms with E-state index >= 15 is 0 Å². The van der Waals surface area contributed by atoms with Gasteiger partial charge in [0.2, 0.25) is 0 Å². The third-order valence-electron chi connectivity index (χ3n) is 9.12. The molecule has 0 heterocycles. The molecule has 0 saturated heterocycles. The maximum Gasteiger partial charge on any atom is -0.0169 e. The lowest BCUT2D eigenvalue weighted by molar-refractivity contribution is 0.0986. The van der Waals surface area contributed by atoms with E-state index in [-0.39, 0.29) is 0 Å². The van der Waals surface area contributed by atoms with Gasteiger partial charge in [0.05, 0.1) is 0 Å². The molecule has 0 aromatic heterocycles. The average molecular weight is 389 g/mol. The molecule has 3 rings (SSSR count). The van der Waals surface area contributed by atoms with Crippen LogP contribution in [0.25, 0.3) is 0 Å². The Bertz CT molecular complexity index is 476. The minimum atomic E-state index is 0.508. The van der Waals surface area contributed by atoms with Crippen molar-refractivity contribution in [1.82, 2.24) is 0 Å². The first-order valence-corrected chi connectivity index (χ1v) is 13.1. The van der Waals surface area contributed by atoms with E-state index in [9.17, 15) is 0 Å². The molecule has 2 saturated carbocycles. The van der Waals surface area contributed by atoms with E-state index in [0.717, 1.165) is 29.6 Å². The summed E-state index contributed by atoms with van der Waals surface area (Å²) in [7, 11) is 0. The first-order valence-electron chi connectivity index (χ1n) is 13.1. The largest absolute Gasteiger partial charge is 0.0738 e. The molecule has 3 aliphatic carbocycles. The molecule has 0 amide bonds. The molecular formula is C28H52. The Labute approximate surface area is 178 Å². The van der Waals surface area contributed by atoms with Crippen molar-refractivity contribution in [3.8, 4) is 0 Å². The van der Waals surface area contributed by atoms with Gasteiger partial charge in [-0.2, -0.15) is 0 Å². The maximum absolute atomic E-state index is 2.62. The highest BCUT2D eigenvalue weighted by Crippen LogP contribution is 2.52. The van der Waals surface area contributed by atoms with E-state index in [1.807, 2.05) is 19.4 Å². The molecule has 0 N–H and O–H groups in total. The highest BCUT2D eigenvalue weighted by atomic mass is 14.5. The van der Waals surface area contributed by atoms with Crippen LogP contribution in [0.15, 0.2) is 11.1 Å². The van der Waals surface area contributed by atoms with E-state index in [0.29, 0.717) is 5.41 Å². The first-order chi connectivity index (χ1) is 13.4. The van der Waals surface area contributed by atoms with Gasteiger partial charge < -0.3 is 0 Å². The quantitative estimate of drug-likeness (QED) is 0.420. The van der Waals surface area contributed by atoms with Gasteiger partial charge in [0, 0.05) is 0 Å². The monoisotopic (exact) mass is 388 g/mol. The summed E-state index contributed by atoms with van der Waals surface area (Å²) in [6.45, 7) is 16.6. The van der Waals surface area contributed by atoms with Crippen LogP contribution in [0.2, 0.25) is 0 Å². The molecule has 0 aromatic carbocycles. The van der Waals surface area contributed by atoms with Crippen LogP contribution in [-0.2, 0) is 0 Å². The summed E-state index contributed by atoms with van der Waals surface area (Å²) in [5, 5.41) is 0. The zero-order valence-electron chi connectivity index (χ0n) is 20.6. The third-order valence-corrected chi connectivity index (χ3v) is 9.12. The minimum Gasteiger partial charge on any atom is -0.0738 e. The van der Waals surface area contributed by atoms with Crippen LogP contribution in [0, 0.1) is 35.0 Å². The van der Waals surface area contributed by atoms with Crippen LogP contribution >= 0.6 is 0 Å². The van der Waals surface area contributed by atoms with E-state index in [1.165, 1.54) is 70.6 Å². The third kappa shape index (κ3) is 5.66. The zero-order chi connectivity index (χ0) is 20.7. The average Bonchev–Trinajstić information content (AvgIpc) is 3.15. The van der Waals surface area contributed by atoms with Crippen LogP contribution in [0.1, 0.15) is 132 Å². The highest BCUT2D eigenvalue weighted by molar-refractivity contribution is 5.19. The Balaban J connectivity index is 0.00000136. The van der Waals surface area contributed by atoms with Crippen molar-refractivity contribution in [1.29, 1.82) is 0 Å². The highest BCUT2D eigenvalue weighted by Gasteiger charge is 2.41. The Morgan fingerprint density at radius 3 is 2.14 bits per heavy atom. The Morgan fingerprint density at radius 2 is 1.50 bits per heavy atom. The number of fused-ring (bicyclic) bond motifs is 1. The molecule has 28 heavy (non-hydrogen) atoms. The lowest BCUT2D eigenvalue weighted by Crippen LogP contribution is -2.35. The maximum atomic E-state index is 2.62. The van der Waals surface area contributed by atoms with Crippen molar-refractivity contribution < 1.29 is 0 Å². The van der Waals surface area contributed by atoms with Crippen molar-refractivity contribution in [3.05, 3.63) is 11.1 Å². The van der Waals surface area contributed by atoms with Gasteiger partial charge in [0.1, 0.15) is 0 Å². The normalized spacial score (nSPS) is 36.5. The fourth-order valence-corrected chi connectivity index (χ4v) is 6.85. The fraction of sp³-hybridized carbons (Fsp3) is 0.929. The summed E-state index contributed by atoms with van der Waals surface area (Å²) < 4.78 is 0. The number of hydrogen-bond donors (Lipinski definition) is 0. The molecule has 4 unspecified atom stereocenters. The molecular weight excluding hydrogens is 336 g/mol. The number of allylic oxidation sites excluding steroid dienone is 2. The first kappa shape index (κ1) is 24.0. The van der Waals surface area contributed by atoms with Crippen molar-refractivity contribution >= 4 is 0 Å². The van der Waals surface area contributed by atoms with Gasteiger partial charge in [0.15, 0.2) is 0 Å². The Morgan fingerprint density at radius 1 is 0.893 bits per heavy atom. The predicted octanol–water partition coefficient (Wildman–Crippen LogP) is 9.59. The van der Waals surface area contributed by atoms with Gasteiger partial charge in [-0.25, -0.2) is 0 Å². The zero-order valence-corrected chi connectivity index (χ0v) is 20.6. The van der Waals surface area contributed by atoms with Gasteiger partial charge in [-0.05, 0) is 93.3 Å². The van der Waals surface area contributed by atoms with Gasteiger partial charge in [-0.15, -0.1) is 0 Å². The summed E-state index contributed by atoms with van der Waals surface area (Å²) >= 11 is 0. The number of rotatable bonds is 4. The smallest absolute Gasteiger partial charge is 0.0169 e. The lowest BCUT2D eigenvalue weighted by Gasteiger charge is -2.44. The van der Waals surface area contributed by atoms with E-state index in [4.69, 9.17) is 0 Å². The summed E-state index contributed by atoms with van der Waals surface area (Å²) in [6, 6.07) is 0. The van der Waals surface area contributed by atoms with Crippen LogP contribution in [0.3, 0.4) is 0 Å². The number of hydrogen-bond acceptors (Lipinski definition) is 0. The van der Waals surface area contributed by atoms with Crippen molar-refractivity contribution in [2.45, 2.75) is 132 Å². The lowest BCUT2D eigenvalue weighted by atomic mass is 9.61. The summed E-state index contributed by atoms with van der Waals surface area (Å²) in [6.07, 6.45) is 19.1.